The van der Waals surface area contributed by atoms with Gasteiger partial charge in [-0.05, 0) is 30.2 Å². The van der Waals surface area contributed by atoms with Crippen LogP contribution in [0.3, 0.4) is 0 Å². The molecule has 1 heterocycles. The molecule has 0 radical (unpaired) electrons. The Kier molecular flexibility index (Phi) is 3.88. The lowest BCUT2D eigenvalue weighted by Gasteiger charge is -2.03. The normalized spacial score (nSPS) is 11.7. The second kappa shape index (κ2) is 5.58. The summed E-state index contributed by atoms with van der Waals surface area (Å²) in [5.74, 6) is 1.66. The van der Waals surface area contributed by atoms with Crippen molar-refractivity contribution < 1.29 is 9.47 Å². The molecule has 18 heavy (non-hydrogen) atoms. The van der Waals surface area contributed by atoms with E-state index in [0.717, 1.165) is 17.1 Å². The molecule has 3 rings (SSSR count). The highest BCUT2D eigenvalue weighted by Gasteiger charge is 2.13. The highest BCUT2D eigenvalue weighted by atomic mass is 16.7. The minimum absolute atomic E-state index is 0.326. The van der Waals surface area contributed by atoms with E-state index in [4.69, 9.17) is 9.47 Å². The van der Waals surface area contributed by atoms with Crippen LogP contribution >= 0.6 is 0 Å². The van der Waals surface area contributed by atoms with Crippen LogP contribution in [0.4, 0.5) is 0 Å². The lowest BCUT2D eigenvalue weighted by atomic mass is 10.0. The molecule has 2 heteroatoms. The predicted octanol–water partition coefficient (Wildman–Crippen LogP) is 4.42. The zero-order chi connectivity index (χ0) is 13.0. The molecule has 0 fully saturated rings. The highest BCUT2D eigenvalue weighted by molar-refractivity contribution is 5.67. The largest absolute Gasteiger partial charge is 0.454 e. The van der Waals surface area contributed by atoms with Crippen molar-refractivity contribution in [2.45, 2.75) is 20.8 Å². The van der Waals surface area contributed by atoms with Crippen LogP contribution in [0.25, 0.3) is 11.1 Å². The molecule has 2 nitrogen and oxygen atoms in total. The van der Waals surface area contributed by atoms with E-state index in [1.165, 1.54) is 11.1 Å². The molecule has 1 aliphatic heterocycles. The van der Waals surface area contributed by atoms with Crippen molar-refractivity contribution in [3.8, 4) is 22.6 Å². The van der Waals surface area contributed by atoms with Gasteiger partial charge in [0.25, 0.3) is 0 Å². The van der Waals surface area contributed by atoms with Crippen molar-refractivity contribution in [3.63, 3.8) is 0 Å². The Labute approximate surface area is 108 Å². The zero-order valence-corrected chi connectivity index (χ0v) is 11.1. The van der Waals surface area contributed by atoms with Crippen LogP contribution in [0.1, 0.15) is 19.4 Å². The SMILES string of the molecule is CC.Cc1ccc(-c2ccc3c(c2)OCO3)cc1. The van der Waals surface area contributed by atoms with Crippen LogP contribution in [0.5, 0.6) is 11.5 Å². The zero-order valence-electron chi connectivity index (χ0n) is 11.1. The molecule has 0 amide bonds. The van der Waals surface area contributed by atoms with Gasteiger partial charge in [0, 0.05) is 0 Å². The standard InChI is InChI=1S/C14H12O2.C2H6/c1-10-2-4-11(5-3-10)12-6-7-13-14(8-12)16-9-15-13;1-2/h2-8H,9H2,1H3;1-2H3. The third-order valence-electron chi connectivity index (χ3n) is 2.76. The van der Waals surface area contributed by atoms with E-state index in [1.54, 1.807) is 0 Å². The van der Waals surface area contributed by atoms with Gasteiger partial charge in [0.15, 0.2) is 11.5 Å². The Balaban J connectivity index is 0.000000574. The fourth-order valence-corrected chi connectivity index (χ4v) is 1.82. The Morgan fingerprint density at radius 3 is 2.11 bits per heavy atom. The van der Waals surface area contributed by atoms with Crippen LogP contribution in [-0.4, -0.2) is 6.79 Å². The molecule has 1 aliphatic rings. The first-order chi connectivity index (χ1) is 8.83. The van der Waals surface area contributed by atoms with Crippen molar-refractivity contribution in [3.05, 3.63) is 48.0 Å². The average Bonchev–Trinajstić information content (AvgIpc) is 2.89. The molecule has 0 aromatic heterocycles. The van der Waals surface area contributed by atoms with Crippen molar-refractivity contribution >= 4 is 0 Å². The molecule has 2 aromatic carbocycles. The van der Waals surface area contributed by atoms with Gasteiger partial charge in [-0.1, -0.05) is 49.7 Å². The van der Waals surface area contributed by atoms with Crippen molar-refractivity contribution in [1.29, 1.82) is 0 Å². The van der Waals surface area contributed by atoms with Crippen molar-refractivity contribution in [2.75, 3.05) is 6.79 Å². The quantitative estimate of drug-likeness (QED) is 0.737. The van der Waals surface area contributed by atoms with E-state index < -0.39 is 0 Å². The predicted molar refractivity (Wildman–Crippen MR) is 74.1 cm³/mol. The van der Waals surface area contributed by atoms with Crippen LogP contribution in [0.2, 0.25) is 0 Å². The second-order valence-electron chi connectivity index (χ2n) is 3.93. The average molecular weight is 242 g/mol. The van der Waals surface area contributed by atoms with E-state index in [-0.39, 0.29) is 0 Å². The number of hydrogen-bond donors (Lipinski definition) is 0. The summed E-state index contributed by atoms with van der Waals surface area (Å²) in [5.41, 5.74) is 3.62. The molecular weight excluding hydrogens is 224 g/mol. The maximum atomic E-state index is 5.36. The molecule has 0 unspecified atom stereocenters. The fraction of sp³-hybridized carbons (Fsp3) is 0.250. The molecule has 2 aromatic rings. The third kappa shape index (κ3) is 2.48. The third-order valence-corrected chi connectivity index (χ3v) is 2.76. The molecular formula is C16H18O2. The van der Waals surface area contributed by atoms with Crippen molar-refractivity contribution in [2.24, 2.45) is 0 Å². The number of ether oxygens (including phenoxy) is 2. The monoisotopic (exact) mass is 242 g/mol. The van der Waals surface area contributed by atoms with Crippen LogP contribution in [0.15, 0.2) is 42.5 Å². The lowest BCUT2D eigenvalue weighted by molar-refractivity contribution is 0.174. The maximum absolute atomic E-state index is 5.36. The van der Waals surface area contributed by atoms with Gasteiger partial charge in [-0.15, -0.1) is 0 Å². The van der Waals surface area contributed by atoms with Crippen LogP contribution in [-0.2, 0) is 0 Å². The molecule has 0 spiro atoms. The van der Waals surface area contributed by atoms with Gasteiger partial charge in [-0.2, -0.15) is 0 Å². The van der Waals surface area contributed by atoms with Gasteiger partial charge in [-0.3, -0.25) is 0 Å². The van der Waals surface area contributed by atoms with E-state index in [1.807, 2.05) is 26.0 Å². The number of fused-ring (bicyclic) bond motifs is 1. The Morgan fingerprint density at radius 2 is 1.39 bits per heavy atom. The molecule has 0 saturated carbocycles. The summed E-state index contributed by atoms with van der Waals surface area (Å²) in [5, 5.41) is 0. The highest BCUT2D eigenvalue weighted by Crippen LogP contribution is 2.35. The van der Waals surface area contributed by atoms with Gasteiger partial charge in [0.1, 0.15) is 0 Å². The summed E-state index contributed by atoms with van der Waals surface area (Å²) in [6.07, 6.45) is 0. The first kappa shape index (κ1) is 12.5. The topological polar surface area (TPSA) is 18.5 Å². The van der Waals surface area contributed by atoms with Crippen LogP contribution in [0, 0.1) is 6.92 Å². The van der Waals surface area contributed by atoms with Gasteiger partial charge in [-0.25, -0.2) is 0 Å². The van der Waals surface area contributed by atoms with Gasteiger partial charge in [0.2, 0.25) is 6.79 Å². The van der Waals surface area contributed by atoms with E-state index in [2.05, 4.69) is 37.3 Å². The minimum Gasteiger partial charge on any atom is -0.454 e. The molecule has 0 N–H and O–H groups in total. The van der Waals surface area contributed by atoms with E-state index >= 15 is 0 Å². The summed E-state index contributed by atoms with van der Waals surface area (Å²) in [6, 6.07) is 14.5. The molecule has 94 valence electrons. The first-order valence-electron chi connectivity index (χ1n) is 6.29. The first-order valence-corrected chi connectivity index (χ1v) is 6.29. The van der Waals surface area contributed by atoms with Crippen LogP contribution < -0.4 is 9.47 Å². The van der Waals surface area contributed by atoms with Gasteiger partial charge in [0.05, 0.1) is 0 Å². The Hall–Kier alpha value is -1.96. The smallest absolute Gasteiger partial charge is 0.231 e. The Morgan fingerprint density at radius 1 is 0.778 bits per heavy atom. The summed E-state index contributed by atoms with van der Waals surface area (Å²) < 4.78 is 10.6. The number of benzene rings is 2. The number of hydrogen-bond acceptors (Lipinski definition) is 2. The van der Waals surface area contributed by atoms with E-state index in [0.29, 0.717) is 6.79 Å². The fourth-order valence-electron chi connectivity index (χ4n) is 1.82. The van der Waals surface area contributed by atoms with Gasteiger partial charge < -0.3 is 9.47 Å². The lowest BCUT2D eigenvalue weighted by Crippen LogP contribution is -1.92. The summed E-state index contributed by atoms with van der Waals surface area (Å²) in [6.45, 7) is 6.41. The molecule has 0 bridgehead atoms. The number of rotatable bonds is 1. The molecule has 0 atom stereocenters. The van der Waals surface area contributed by atoms with E-state index in [9.17, 15) is 0 Å². The molecule has 0 saturated heterocycles. The molecule has 0 aliphatic carbocycles. The Bertz CT molecular complexity index is 515. The van der Waals surface area contributed by atoms with Crippen molar-refractivity contribution in [1.82, 2.24) is 0 Å². The van der Waals surface area contributed by atoms with Gasteiger partial charge >= 0.3 is 0 Å². The summed E-state index contributed by atoms with van der Waals surface area (Å²) in [4.78, 5) is 0. The second-order valence-corrected chi connectivity index (χ2v) is 3.93. The minimum atomic E-state index is 0.326. The maximum Gasteiger partial charge on any atom is 0.231 e. The number of aryl methyl sites for hydroxylation is 1. The summed E-state index contributed by atoms with van der Waals surface area (Å²) >= 11 is 0. The summed E-state index contributed by atoms with van der Waals surface area (Å²) in [7, 11) is 0.